The van der Waals surface area contributed by atoms with Crippen molar-refractivity contribution in [1.82, 2.24) is 5.32 Å². The molecule has 4 nitrogen and oxygen atoms in total. The predicted molar refractivity (Wildman–Crippen MR) is 98.4 cm³/mol. The molecule has 1 aromatic rings. The first-order valence-electron chi connectivity index (χ1n) is 8.27. The van der Waals surface area contributed by atoms with E-state index in [1.54, 1.807) is 21.3 Å². The van der Waals surface area contributed by atoms with Crippen molar-refractivity contribution in [3.8, 4) is 17.2 Å². The van der Waals surface area contributed by atoms with Crippen molar-refractivity contribution in [3.63, 3.8) is 0 Å². The van der Waals surface area contributed by atoms with Crippen LogP contribution in [-0.2, 0) is 6.54 Å². The van der Waals surface area contributed by atoms with Crippen LogP contribution < -0.4 is 19.5 Å². The van der Waals surface area contributed by atoms with Crippen LogP contribution in [0.15, 0.2) is 12.1 Å². The van der Waals surface area contributed by atoms with E-state index in [1.165, 1.54) is 38.5 Å². The van der Waals surface area contributed by atoms with Gasteiger partial charge in [0.15, 0.2) is 11.5 Å². The maximum absolute atomic E-state index is 5.49. The van der Waals surface area contributed by atoms with Crippen LogP contribution in [0.25, 0.3) is 0 Å². The summed E-state index contributed by atoms with van der Waals surface area (Å²) in [6.45, 7) is 4.06. The van der Waals surface area contributed by atoms with Gasteiger partial charge in [-0.25, -0.2) is 0 Å². The molecule has 1 aromatic carbocycles. The molecule has 23 heavy (non-hydrogen) atoms. The predicted octanol–water partition coefficient (Wildman–Crippen LogP) is 4.58. The van der Waals surface area contributed by atoms with E-state index in [9.17, 15) is 0 Å². The molecule has 0 heterocycles. The van der Waals surface area contributed by atoms with E-state index < -0.39 is 0 Å². The van der Waals surface area contributed by atoms with Gasteiger partial charge in [0.05, 0.1) is 21.3 Å². The Morgan fingerprint density at radius 1 is 0.826 bits per heavy atom. The number of methoxy groups -OCH3 is 3. The van der Waals surface area contributed by atoms with Crippen LogP contribution in [0.2, 0.25) is 0 Å². The molecule has 0 aromatic heterocycles. The van der Waals surface area contributed by atoms with Crippen LogP contribution in [0.4, 0.5) is 0 Å². The van der Waals surface area contributed by atoms with E-state index in [-0.39, 0.29) is 12.4 Å². The zero-order valence-electron chi connectivity index (χ0n) is 14.9. The van der Waals surface area contributed by atoms with Crippen molar-refractivity contribution in [2.45, 2.75) is 52.0 Å². The summed E-state index contributed by atoms with van der Waals surface area (Å²) in [5.74, 6) is 2.10. The van der Waals surface area contributed by atoms with Crippen LogP contribution >= 0.6 is 12.4 Å². The number of unbranched alkanes of at least 4 members (excludes halogenated alkanes) is 5. The third kappa shape index (κ3) is 7.32. The highest BCUT2D eigenvalue weighted by atomic mass is 35.5. The average Bonchev–Trinajstić information content (AvgIpc) is 2.56. The first-order chi connectivity index (χ1) is 10.8. The Balaban J connectivity index is 0.00000484. The molecule has 0 radical (unpaired) electrons. The molecule has 0 saturated carbocycles. The van der Waals surface area contributed by atoms with Crippen LogP contribution in [0.1, 0.15) is 51.0 Å². The van der Waals surface area contributed by atoms with E-state index in [0.717, 1.165) is 24.4 Å². The van der Waals surface area contributed by atoms with Crippen LogP contribution in [0.5, 0.6) is 17.2 Å². The summed E-state index contributed by atoms with van der Waals surface area (Å²) in [4.78, 5) is 0. The molecule has 0 amide bonds. The smallest absolute Gasteiger partial charge is 0.203 e. The van der Waals surface area contributed by atoms with Crippen molar-refractivity contribution in [2.24, 2.45) is 0 Å². The molecule has 0 spiro atoms. The van der Waals surface area contributed by atoms with Gasteiger partial charge in [-0.15, -0.1) is 12.4 Å². The Kier molecular flexibility index (Phi) is 12.7. The zero-order chi connectivity index (χ0) is 16.2. The lowest BCUT2D eigenvalue weighted by Gasteiger charge is -2.16. The van der Waals surface area contributed by atoms with Gasteiger partial charge in [0.2, 0.25) is 5.75 Å². The SMILES string of the molecule is CCCCCCCCNCc1ccc(OC)c(OC)c1OC.Cl. The zero-order valence-corrected chi connectivity index (χ0v) is 15.8. The number of benzene rings is 1. The van der Waals surface area contributed by atoms with Gasteiger partial charge in [-0.05, 0) is 19.0 Å². The number of halogens is 1. The van der Waals surface area contributed by atoms with E-state index in [4.69, 9.17) is 14.2 Å². The summed E-state index contributed by atoms with van der Waals surface area (Å²) in [6.07, 6.45) is 7.89. The van der Waals surface area contributed by atoms with Gasteiger partial charge in [-0.2, -0.15) is 0 Å². The third-order valence-electron chi connectivity index (χ3n) is 3.81. The highest BCUT2D eigenvalue weighted by Crippen LogP contribution is 2.39. The van der Waals surface area contributed by atoms with Crippen molar-refractivity contribution in [1.29, 1.82) is 0 Å². The minimum absolute atomic E-state index is 0. The molecule has 0 aliphatic rings. The van der Waals surface area contributed by atoms with E-state index in [0.29, 0.717) is 11.5 Å². The Bertz CT molecular complexity index is 427. The monoisotopic (exact) mass is 345 g/mol. The Labute approximate surface area is 147 Å². The van der Waals surface area contributed by atoms with E-state index in [2.05, 4.69) is 12.2 Å². The van der Waals surface area contributed by atoms with Gasteiger partial charge in [0.1, 0.15) is 0 Å². The topological polar surface area (TPSA) is 39.7 Å². The standard InChI is InChI=1S/C18H31NO3.ClH/c1-5-6-7-8-9-10-13-19-14-15-11-12-16(20-2)18(22-4)17(15)21-3;/h11-12,19H,5-10,13-14H2,1-4H3;1H. The normalized spacial score (nSPS) is 10.1. The maximum atomic E-state index is 5.49. The summed E-state index contributed by atoms with van der Waals surface area (Å²) in [7, 11) is 4.93. The minimum atomic E-state index is 0. The summed E-state index contributed by atoms with van der Waals surface area (Å²) in [5, 5.41) is 3.48. The fourth-order valence-electron chi connectivity index (χ4n) is 2.56. The Morgan fingerprint density at radius 2 is 1.48 bits per heavy atom. The van der Waals surface area contributed by atoms with Crippen LogP contribution in [0.3, 0.4) is 0 Å². The highest BCUT2D eigenvalue weighted by molar-refractivity contribution is 5.85. The molecular formula is C18H32ClNO3. The fraction of sp³-hybridized carbons (Fsp3) is 0.667. The lowest BCUT2D eigenvalue weighted by atomic mass is 10.1. The minimum Gasteiger partial charge on any atom is -0.493 e. The molecule has 5 heteroatoms. The fourth-order valence-corrected chi connectivity index (χ4v) is 2.56. The second-order valence-corrected chi connectivity index (χ2v) is 5.44. The number of nitrogens with one attached hydrogen (secondary N) is 1. The molecule has 0 aliphatic heterocycles. The number of ether oxygens (including phenoxy) is 3. The van der Waals surface area contributed by atoms with E-state index in [1.807, 2.05) is 12.1 Å². The van der Waals surface area contributed by atoms with Crippen LogP contribution in [0, 0.1) is 0 Å². The number of rotatable bonds is 12. The van der Waals surface area contributed by atoms with Gasteiger partial charge in [0.25, 0.3) is 0 Å². The molecule has 0 saturated heterocycles. The van der Waals surface area contributed by atoms with Gasteiger partial charge in [-0.3, -0.25) is 0 Å². The van der Waals surface area contributed by atoms with Gasteiger partial charge >= 0.3 is 0 Å². The number of hydrogen-bond donors (Lipinski definition) is 1. The Hall–Kier alpha value is -1.13. The lowest BCUT2D eigenvalue weighted by molar-refractivity contribution is 0.321. The molecule has 0 unspecified atom stereocenters. The van der Waals surface area contributed by atoms with Gasteiger partial charge < -0.3 is 19.5 Å². The van der Waals surface area contributed by atoms with Crippen molar-refractivity contribution >= 4 is 12.4 Å². The molecule has 1 rings (SSSR count). The van der Waals surface area contributed by atoms with Crippen molar-refractivity contribution in [3.05, 3.63) is 17.7 Å². The Morgan fingerprint density at radius 3 is 2.09 bits per heavy atom. The quantitative estimate of drug-likeness (QED) is 0.563. The second kappa shape index (κ2) is 13.3. The molecule has 0 atom stereocenters. The van der Waals surface area contributed by atoms with E-state index >= 15 is 0 Å². The van der Waals surface area contributed by atoms with Gasteiger partial charge in [0, 0.05) is 12.1 Å². The average molecular weight is 346 g/mol. The lowest BCUT2D eigenvalue weighted by Crippen LogP contribution is -2.15. The summed E-state index contributed by atoms with van der Waals surface area (Å²) < 4.78 is 16.2. The molecule has 134 valence electrons. The van der Waals surface area contributed by atoms with Gasteiger partial charge in [-0.1, -0.05) is 45.1 Å². The summed E-state index contributed by atoms with van der Waals surface area (Å²) >= 11 is 0. The molecule has 0 bridgehead atoms. The van der Waals surface area contributed by atoms with Crippen molar-refractivity contribution < 1.29 is 14.2 Å². The molecule has 1 N–H and O–H groups in total. The van der Waals surface area contributed by atoms with Crippen molar-refractivity contribution in [2.75, 3.05) is 27.9 Å². The molecule has 0 fully saturated rings. The van der Waals surface area contributed by atoms with Crippen LogP contribution in [-0.4, -0.2) is 27.9 Å². The first-order valence-corrected chi connectivity index (χ1v) is 8.27. The molecular weight excluding hydrogens is 314 g/mol. The third-order valence-corrected chi connectivity index (χ3v) is 3.81. The number of hydrogen-bond acceptors (Lipinski definition) is 4. The summed E-state index contributed by atoms with van der Waals surface area (Å²) in [5.41, 5.74) is 1.09. The first kappa shape index (κ1) is 21.9. The maximum Gasteiger partial charge on any atom is 0.203 e. The molecule has 0 aliphatic carbocycles. The highest BCUT2D eigenvalue weighted by Gasteiger charge is 2.15. The second-order valence-electron chi connectivity index (χ2n) is 5.44. The largest absolute Gasteiger partial charge is 0.493 e. The summed E-state index contributed by atoms with van der Waals surface area (Å²) in [6, 6.07) is 3.94.